The van der Waals surface area contributed by atoms with Crippen molar-refractivity contribution in [1.82, 2.24) is 19.7 Å². The van der Waals surface area contributed by atoms with Crippen molar-refractivity contribution >= 4 is 11.8 Å². The molecule has 4 nitrogen and oxygen atoms in total. The Labute approximate surface area is 169 Å². The quantitative estimate of drug-likeness (QED) is 0.550. The molecule has 0 radical (unpaired) electrons. The maximum atomic E-state index is 13.5. The number of halogens is 1. The normalized spacial score (nSPS) is 15.1. The van der Waals surface area contributed by atoms with E-state index in [0.29, 0.717) is 0 Å². The minimum atomic E-state index is -0.233. The standard InChI is InChI=1S/C22H25FN4S/c1-17-7-3-4-8-18(17)16-28-22-25-24-21(15-26-13-5-2-6-14-26)27(22)20-11-9-19(23)10-12-20/h3-4,7-12H,2,5-6,13-16H2,1H3. The van der Waals surface area contributed by atoms with Gasteiger partial charge in [0.2, 0.25) is 0 Å². The fraction of sp³-hybridized carbons (Fsp3) is 0.364. The Hall–Kier alpha value is -2.18. The second-order valence-corrected chi connectivity index (χ2v) is 8.21. The van der Waals surface area contributed by atoms with Gasteiger partial charge in [0, 0.05) is 11.4 Å². The van der Waals surface area contributed by atoms with Gasteiger partial charge in [-0.15, -0.1) is 10.2 Å². The summed E-state index contributed by atoms with van der Waals surface area (Å²) in [5.41, 5.74) is 3.47. The van der Waals surface area contributed by atoms with Crippen molar-refractivity contribution in [2.24, 2.45) is 0 Å². The van der Waals surface area contributed by atoms with E-state index in [2.05, 4.69) is 50.9 Å². The van der Waals surface area contributed by atoms with Crippen molar-refractivity contribution in [2.45, 2.75) is 43.6 Å². The van der Waals surface area contributed by atoms with Gasteiger partial charge >= 0.3 is 0 Å². The van der Waals surface area contributed by atoms with Crippen LogP contribution in [0.25, 0.3) is 5.69 Å². The molecule has 1 fully saturated rings. The summed E-state index contributed by atoms with van der Waals surface area (Å²) in [6, 6.07) is 15.0. The molecular weight excluding hydrogens is 371 g/mol. The monoisotopic (exact) mass is 396 g/mol. The first-order valence-electron chi connectivity index (χ1n) is 9.80. The fourth-order valence-corrected chi connectivity index (χ4v) is 4.62. The molecule has 2 aromatic carbocycles. The molecule has 1 aromatic heterocycles. The van der Waals surface area contributed by atoms with E-state index in [-0.39, 0.29) is 5.82 Å². The average molecular weight is 397 g/mol. The van der Waals surface area contributed by atoms with E-state index in [0.717, 1.165) is 42.1 Å². The molecule has 0 N–H and O–H groups in total. The van der Waals surface area contributed by atoms with Crippen molar-refractivity contribution in [3.8, 4) is 5.69 Å². The molecule has 1 saturated heterocycles. The predicted octanol–water partition coefficient (Wildman–Crippen LogP) is 4.99. The van der Waals surface area contributed by atoms with E-state index in [1.807, 2.05) is 0 Å². The summed E-state index contributed by atoms with van der Waals surface area (Å²) < 4.78 is 15.5. The van der Waals surface area contributed by atoms with Gasteiger partial charge in [-0.05, 0) is 68.2 Å². The Morgan fingerprint density at radius 3 is 2.46 bits per heavy atom. The molecule has 1 aliphatic heterocycles. The molecular formula is C22H25FN4S. The third-order valence-corrected chi connectivity index (χ3v) is 6.19. The van der Waals surface area contributed by atoms with Gasteiger partial charge in [-0.1, -0.05) is 42.4 Å². The molecule has 2 heterocycles. The molecule has 0 aliphatic carbocycles. The lowest BCUT2D eigenvalue weighted by Crippen LogP contribution is -2.30. The molecule has 3 aromatic rings. The van der Waals surface area contributed by atoms with E-state index >= 15 is 0 Å². The van der Waals surface area contributed by atoms with Gasteiger partial charge in [-0.3, -0.25) is 9.47 Å². The van der Waals surface area contributed by atoms with Crippen molar-refractivity contribution in [3.05, 3.63) is 71.3 Å². The Balaban J connectivity index is 1.61. The molecule has 6 heteroatoms. The van der Waals surface area contributed by atoms with E-state index in [4.69, 9.17) is 0 Å². The molecule has 4 rings (SSSR count). The van der Waals surface area contributed by atoms with Crippen molar-refractivity contribution < 1.29 is 4.39 Å². The van der Waals surface area contributed by atoms with Crippen molar-refractivity contribution in [3.63, 3.8) is 0 Å². The first-order valence-corrected chi connectivity index (χ1v) is 10.8. The molecule has 0 saturated carbocycles. The highest BCUT2D eigenvalue weighted by molar-refractivity contribution is 7.98. The van der Waals surface area contributed by atoms with Gasteiger partial charge in [0.1, 0.15) is 5.82 Å². The van der Waals surface area contributed by atoms with Crippen LogP contribution in [-0.2, 0) is 12.3 Å². The zero-order valence-corrected chi connectivity index (χ0v) is 17.0. The summed E-state index contributed by atoms with van der Waals surface area (Å²) in [5, 5.41) is 9.83. The number of rotatable bonds is 6. The van der Waals surface area contributed by atoms with Crippen LogP contribution >= 0.6 is 11.8 Å². The average Bonchev–Trinajstić information content (AvgIpc) is 3.11. The zero-order chi connectivity index (χ0) is 19.3. The van der Waals surface area contributed by atoms with Crippen LogP contribution < -0.4 is 0 Å². The van der Waals surface area contributed by atoms with Crippen LogP contribution in [0.3, 0.4) is 0 Å². The second kappa shape index (κ2) is 8.88. The summed E-state index contributed by atoms with van der Waals surface area (Å²) in [5.74, 6) is 1.51. The molecule has 0 atom stereocenters. The van der Waals surface area contributed by atoms with Crippen molar-refractivity contribution in [1.29, 1.82) is 0 Å². The van der Waals surface area contributed by atoms with E-state index < -0.39 is 0 Å². The Bertz CT molecular complexity index is 917. The van der Waals surface area contributed by atoms with E-state index in [1.165, 1.54) is 42.5 Å². The molecule has 1 aliphatic rings. The van der Waals surface area contributed by atoms with Crippen LogP contribution in [0, 0.1) is 12.7 Å². The molecule has 0 bridgehead atoms. The lowest BCUT2D eigenvalue weighted by atomic mass is 10.1. The lowest BCUT2D eigenvalue weighted by Gasteiger charge is -2.26. The summed E-state index contributed by atoms with van der Waals surface area (Å²) in [4.78, 5) is 2.43. The van der Waals surface area contributed by atoms with Crippen molar-refractivity contribution in [2.75, 3.05) is 13.1 Å². The van der Waals surface area contributed by atoms with E-state index in [1.54, 1.807) is 23.9 Å². The fourth-order valence-electron chi connectivity index (χ4n) is 3.58. The first-order chi connectivity index (χ1) is 13.7. The maximum Gasteiger partial charge on any atom is 0.196 e. The third-order valence-electron chi connectivity index (χ3n) is 5.22. The predicted molar refractivity (Wildman–Crippen MR) is 111 cm³/mol. The summed E-state index contributed by atoms with van der Waals surface area (Å²) in [6.07, 6.45) is 3.78. The van der Waals surface area contributed by atoms with Crippen LogP contribution in [0.2, 0.25) is 0 Å². The number of aromatic nitrogens is 3. The van der Waals surface area contributed by atoms with Crippen LogP contribution in [0.15, 0.2) is 53.7 Å². The second-order valence-electron chi connectivity index (χ2n) is 7.26. The minimum Gasteiger partial charge on any atom is -0.296 e. The number of likely N-dealkylation sites (tertiary alicyclic amines) is 1. The van der Waals surface area contributed by atoms with Gasteiger partial charge in [-0.25, -0.2) is 4.39 Å². The van der Waals surface area contributed by atoms with Crippen LogP contribution in [0.5, 0.6) is 0 Å². The van der Waals surface area contributed by atoms with Gasteiger partial charge < -0.3 is 0 Å². The maximum absolute atomic E-state index is 13.5. The largest absolute Gasteiger partial charge is 0.296 e. The van der Waals surface area contributed by atoms with Gasteiger partial charge in [0.15, 0.2) is 11.0 Å². The molecule has 0 unspecified atom stereocenters. The number of hydrogen-bond donors (Lipinski definition) is 0. The topological polar surface area (TPSA) is 34.0 Å². The van der Waals surface area contributed by atoms with Crippen LogP contribution in [0.4, 0.5) is 4.39 Å². The first kappa shape index (κ1) is 19.2. The van der Waals surface area contributed by atoms with Crippen LogP contribution in [-0.4, -0.2) is 32.8 Å². The smallest absolute Gasteiger partial charge is 0.196 e. The number of aryl methyl sites for hydroxylation is 1. The minimum absolute atomic E-state index is 0.233. The zero-order valence-electron chi connectivity index (χ0n) is 16.1. The molecule has 0 amide bonds. The SMILES string of the molecule is Cc1ccccc1CSc1nnc(CN2CCCCC2)n1-c1ccc(F)cc1. The number of benzene rings is 2. The van der Waals surface area contributed by atoms with Crippen LogP contribution in [0.1, 0.15) is 36.2 Å². The van der Waals surface area contributed by atoms with Gasteiger partial charge in [0.05, 0.1) is 6.54 Å². The Kier molecular flexibility index (Phi) is 6.07. The van der Waals surface area contributed by atoms with Gasteiger partial charge in [0.25, 0.3) is 0 Å². The highest BCUT2D eigenvalue weighted by Crippen LogP contribution is 2.27. The number of hydrogen-bond acceptors (Lipinski definition) is 4. The highest BCUT2D eigenvalue weighted by Gasteiger charge is 2.19. The molecule has 28 heavy (non-hydrogen) atoms. The number of nitrogens with zero attached hydrogens (tertiary/aromatic N) is 4. The number of piperidine rings is 1. The lowest BCUT2D eigenvalue weighted by molar-refractivity contribution is 0.214. The van der Waals surface area contributed by atoms with Gasteiger partial charge in [-0.2, -0.15) is 0 Å². The Morgan fingerprint density at radius 2 is 1.71 bits per heavy atom. The summed E-state index contributed by atoms with van der Waals surface area (Å²) in [6.45, 7) is 5.10. The molecule has 146 valence electrons. The van der Waals surface area contributed by atoms with E-state index in [9.17, 15) is 4.39 Å². The third kappa shape index (κ3) is 4.45. The highest BCUT2D eigenvalue weighted by atomic mass is 32.2. The summed E-state index contributed by atoms with van der Waals surface area (Å²) >= 11 is 1.67. The Morgan fingerprint density at radius 1 is 0.964 bits per heavy atom. The summed E-state index contributed by atoms with van der Waals surface area (Å²) in [7, 11) is 0. The number of thioether (sulfide) groups is 1. The molecule has 0 spiro atoms.